The van der Waals surface area contributed by atoms with E-state index in [9.17, 15) is 9.59 Å². The first-order valence-electron chi connectivity index (χ1n) is 10.8. The number of nitrogens with one attached hydrogen (secondary N) is 2. The average Bonchev–Trinajstić information content (AvgIpc) is 3.17. The Morgan fingerprint density at radius 1 is 1.09 bits per heavy atom. The molecule has 0 aliphatic carbocycles. The number of rotatable bonds is 6. The van der Waals surface area contributed by atoms with Gasteiger partial charge in [-0.25, -0.2) is 4.79 Å². The lowest BCUT2D eigenvalue weighted by atomic mass is 10.0. The van der Waals surface area contributed by atoms with Crippen LogP contribution in [0.15, 0.2) is 52.1 Å². The molecule has 1 fully saturated rings. The molecular formula is C23H26N6O3. The van der Waals surface area contributed by atoms with Gasteiger partial charge in [-0.05, 0) is 16.3 Å². The highest BCUT2D eigenvalue weighted by molar-refractivity contribution is 5.86. The first kappa shape index (κ1) is 20.5. The summed E-state index contributed by atoms with van der Waals surface area (Å²) in [5.41, 5.74) is 0.919. The minimum absolute atomic E-state index is 0.368. The van der Waals surface area contributed by atoms with E-state index in [1.54, 1.807) is 7.05 Å². The first-order chi connectivity index (χ1) is 15.6. The summed E-state index contributed by atoms with van der Waals surface area (Å²) in [7, 11) is 1.62. The number of aromatic amines is 1. The molecule has 0 amide bonds. The number of aromatic nitrogens is 4. The normalized spacial score (nSPS) is 14.9. The van der Waals surface area contributed by atoms with Crippen LogP contribution < -0.4 is 16.6 Å². The number of morpholine rings is 1. The molecule has 0 atom stereocenters. The highest BCUT2D eigenvalue weighted by Crippen LogP contribution is 2.23. The van der Waals surface area contributed by atoms with Gasteiger partial charge in [-0.2, -0.15) is 4.98 Å². The number of ether oxygens (including phenoxy) is 1. The third-order valence-electron chi connectivity index (χ3n) is 6.03. The molecule has 5 rings (SSSR count). The van der Waals surface area contributed by atoms with E-state index in [4.69, 9.17) is 4.74 Å². The molecule has 2 aromatic carbocycles. The molecule has 1 aliphatic rings. The summed E-state index contributed by atoms with van der Waals surface area (Å²) in [6.45, 7) is 5.28. The highest BCUT2D eigenvalue weighted by atomic mass is 16.5. The molecule has 9 heteroatoms. The van der Waals surface area contributed by atoms with Gasteiger partial charge >= 0.3 is 5.69 Å². The Kier molecular flexibility index (Phi) is 5.50. The smallest absolute Gasteiger partial charge is 0.329 e. The number of H-pyrrole nitrogens is 1. The Morgan fingerprint density at radius 2 is 1.88 bits per heavy atom. The maximum absolute atomic E-state index is 12.8. The third-order valence-corrected chi connectivity index (χ3v) is 6.03. The zero-order valence-corrected chi connectivity index (χ0v) is 18.0. The molecule has 0 radical (unpaired) electrons. The number of benzene rings is 2. The van der Waals surface area contributed by atoms with E-state index in [1.807, 2.05) is 22.8 Å². The summed E-state index contributed by atoms with van der Waals surface area (Å²) in [5.74, 6) is 0.577. The molecule has 1 aliphatic heterocycles. The molecule has 0 unspecified atom stereocenters. The van der Waals surface area contributed by atoms with E-state index in [1.165, 1.54) is 4.57 Å². The quantitative estimate of drug-likeness (QED) is 0.476. The zero-order chi connectivity index (χ0) is 22.1. The van der Waals surface area contributed by atoms with Gasteiger partial charge in [0.05, 0.1) is 19.8 Å². The highest BCUT2D eigenvalue weighted by Gasteiger charge is 2.18. The van der Waals surface area contributed by atoms with Crippen LogP contribution in [0.2, 0.25) is 0 Å². The van der Waals surface area contributed by atoms with Gasteiger partial charge in [-0.3, -0.25) is 23.8 Å². The van der Waals surface area contributed by atoms with Crippen LogP contribution in [-0.2, 0) is 18.3 Å². The fraction of sp³-hybridized carbons (Fsp3) is 0.348. The van der Waals surface area contributed by atoms with Crippen LogP contribution in [0.5, 0.6) is 0 Å². The van der Waals surface area contributed by atoms with E-state index in [2.05, 4.69) is 44.5 Å². The molecule has 0 saturated carbocycles. The second kappa shape index (κ2) is 8.60. The molecule has 1 saturated heterocycles. The second-order valence-corrected chi connectivity index (χ2v) is 8.03. The molecule has 32 heavy (non-hydrogen) atoms. The van der Waals surface area contributed by atoms with Crippen molar-refractivity contribution in [2.45, 2.75) is 6.54 Å². The van der Waals surface area contributed by atoms with Crippen molar-refractivity contribution < 1.29 is 4.74 Å². The monoisotopic (exact) mass is 434 g/mol. The molecule has 0 bridgehead atoms. The lowest BCUT2D eigenvalue weighted by Gasteiger charge is -2.26. The van der Waals surface area contributed by atoms with Gasteiger partial charge in [0.2, 0.25) is 5.95 Å². The van der Waals surface area contributed by atoms with Crippen LogP contribution in [0.3, 0.4) is 0 Å². The van der Waals surface area contributed by atoms with Crippen LogP contribution in [0.1, 0.15) is 5.56 Å². The first-order valence-corrected chi connectivity index (χ1v) is 10.8. The van der Waals surface area contributed by atoms with Gasteiger partial charge < -0.3 is 10.1 Å². The van der Waals surface area contributed by atoms with Crippen LogP contribution in [-0.4, -0.2) is 63.4 Å². The second-order valence-electron chi connectivity index (χ2n) is 8.03. The Balaban J connectivity index is 1.54. The van der Waals surface area contributed by atoms with Crippen molar-refractivity contribution in [3.8, 4) is 0 Å². The molecule has 2 aromatic heterocycles. The molecule has 2 N–H and O–H groups in total. The number of fused-ring (bicyclic) bond motifs is 2. The van der Waals surface area contributed by atoms with Gasteiger partial charge in [-0.1, -0.05) is 42.5 Å². The third kappa shape index (κ3) is 3.80. The number of hydrogen-bond donors (Lipinski definition) is 2. The number of anilines is 1. The van der Waals surface area contributed by atoms with Crippen molar-refractivity contribution >= 4 is 27.9 Å². The standard InChI is InChI=1S/C23H26N6O3/c1-27-20-19(21(30)26-23(27)31)29(15-17-7-4-6-16-5-2-3-8-18(16)17)22(25-20)24-9-10-28-11-13-32-14-12-28/h2-8H,9-15H2,1H3,(H,24,25)(H,26,30,31). The molecule has 3 heterocycles. The summed E-state index contributed by atoms with van der Waals surface area (Å²) >= 11 is 0. The number of hydrogen-bond acceptors (Lipinski definition) is 6. The topological polar surface area (TPSA) is 97.2 Å². The van der Waals surface area contributed by atoms with Crippen LogP contribution in [0.4, 0.5) is 5.95 Å². The largest absolute Gasteiger partial charge is 0.379 e. The van der Waals surface area contributed by atoms with Gasteiger partial charge in [-0.15, -0.1) is 0 Å². The summed E-state index contributed by atoms with van der Waals surface area (Å²) < 4.78 is 8.66. The predicted octanol–water partition coefficient (Wildman–Crippen LogP) is 1.37. The molecule has 0 spiro atoms. The van der Waals surface area contributed by atoms with Crippen molar-refractivity contribution in [2.75, 3.05) is 44.7 Å². The Hall–Kier alpha value is -3.43. The van der Waals surface area contributed by atoms with E-state index in [-0.39, 0.29) is 0 Å². The minimum atomic E-state index is -0.475. The van der Waals surface area contributed by atoms with Gasteiger partial charge in [0.1, 0.15) is 0 Å². The van der Waals surface area contributed by atoms with E-state index in [0.29, 0.717) is 30.2 Å². The molecule has 9 nitrogen and oxygen atoms in total. The Morgan fingerprint density at radius 3 is 2.72 bits per heavy atom. The fourth-order valence-electron chi connectivity index (χ4n) is 4.27. The van der Waals surface area contributed by atoms with Crippen molar-refractivity contribution in [3.63, 3.8) is 0 Å². The summed E-state index contributed by atoms with van der Waals surface area (Å²) in [4.78, 5) is 34.3. The molecular weight excluding hydrogens is 408 g/mol. The average molecular weight is 435 g/mol. The van der Waals surface area contributed by atoms with Gasteiger partial charge in [0.25, 0.3) is 5.56 Å². The van der Waals surface area contributed by atoms with Gasteiger partial charge in [0.15, 0.2) is 11.2 Å². The zero-order valence-electron chi connectivity index (χ0n) is 18.0. The Bertz CT molecular complexity index is 1380. The van der Waals surface area contributed by atoms with Crippen LogP contribution >= 0.6 is 0 Å². The summed E-state index contributed by atoms with van der Waals surface area (Å²) in [6.07, 6.45) is 0. The van der Waals surface area contributed by atoms with Crippen molar-refractivity contribution in [1.29, 1.82) is 0 Å². The maximum atomic E-state index is 12.8. The lowest BCUT2D eigenvalue weighted by Crippen LogP contribution is -2.39. The van der Waals surface area contributed by atoms with Crippen molar-refractivity contribution in [1.82, 2.24) is 24.0 Å². The molecule has 166 valence electrons. The number of aryl methyl sites for hydroxylation is 1. The summed E-state index contributed by atoms with van der Waals surface area (Å²) in [5, 5.41) is 5.65. The fourth-order valence-corrected chi connectivity index (χ4v) is 4.27. The lowest BCUT2D eigenvalue weighted by molar-refractivity contribution is 0.0398. The predicted molar refractivity (Wildman–Crippen MR) is 124 cm³/mol. The number of nitrogens with zero attached hydrogens (tertiary/aromatic N) is 4. The van der Waals surface area contributed by atoms with Gasteiger partial charge in [0, 0.05) is 33.2 Å². The Labute approximate surface area is 184 Å². The van der Waals surface area contributed by atoms with Crippen LogP contribution in [0, 0.1) is 0 Å². The minimum Gasteiger partial charge on any atom is -0.379 e. The van der Waals surface area contributed by atoms with Crippen molar-refractivity contribution in [3.05, 3.63) is 68.9 Å². The molecule has 4 aromatic rings. The maximum Gasteiger partial charge on any atom is 0.329 e. The van der Waals surface area contributed by atoms with Crippen LogP contribution in [0.25, 0.3) is 21.9 Å². The van der Waals surface area contributed by atoms with E-state index >= 15 is 0 Å². The van der Waals surface area contributed by atoms with E-state index in [0.717, 1.165) is 49.2 Å². The SMILES string of the molecule is Cn1c(=O)[nH]c(=O)c2c1nc(NCCN1CCOCC1)n2Cc1cccc2ccccc12. The van der Waals surface area contributed by atoms with Crippen molar-refractivity contribution in [2.24, 2.45) is 7.05 Å². The number of imidazole rings is 1. The summed E-state index contributed by atoms with van der Waals surface area (Å²) in [6, 6.07) is 14.3. The van der Waals surface area contributed by atoms with E-state index < -0.39 is 11.2 Å².